The summed E-state index contributed by atoms with van der Waals surface area (Å²) in [6.07, 6.45) is 0.867. The highest BCUT2D eigenvalue weighted by Gasteiger charge is 2.23. The van der Waals surface area contributed by atoms with E-state index in [0.717, 1.165) is 17.3 Å². The van der Waals surface area contributed by atoms with E-state index in [1.807, 2.05) is 4.57 Å². The number of fused-ring (bicyclic) bond motifs is 3. The monoisotopic (exact) mass is 310 g/mol. The van der Waals surface area contributed by atoms with Crippen LogP contribution in [0.5, 0.6) is 0 Å². The summed E-state index contributed by atoms with van der Waals surface area (Å²) in [5.74, 6) is -0.397. The zero-order valence-corrected chi connectivity index (χ0v) is 11.4. The van der Waals surface area contributed by atoms with Gasteiger partial charge in [-0.15, -0.1) is 0 Å². The SMILES string of the molecule is CC1CCNC(=O)c2cc3cc(F)cc(Br)c3n21. The first-order valence-corrected chi connectivity index (χ1v) is 6.65. The quantitative estimate of drug-likeness (QED) is 0.796. The van der Waals surface area contributed by atoms with Crippen LogP contribution in [0.15, 0.2) is 22.7 Å². The Labute approximate surface area is 112 Å². The first-order valence-electron chi connectivity index (χ1n) is 5.86. The Bertz CT molecular complexity index is 650. The van der Waals surface area contributed by atoms with Crippen molar-refractivity contribution in [2.45, 2.75) is 19.4 Å². The Morgan fingerprint density at radius 1 is 1.44 bits per heavy atom. The molecule has 0 radical (unpaired) electrons. The van der Waals surface area contributed by atoms with E-state index >= 15 is 0 Å². The maximum Gasteiger partial charge on any atom is 0.267 e. The molecule has 1 aliphatic heterocycles. The predicted octanol–water partition coefficient (Wildman–Crippen LogP) is 3.24. The molecular weight excluding hydrogens is 299 g/mol. The van der Waals surface area contributed by atoms with Gasteiger partial charge in [-0.3, -0.25) is 4.79 Å². The summed E-state index contributed by atoms with van der Waals surface area (Å²) in [4.78, 5) is 12.0. The largest absolute Gasteiger partial charge is 0.351 e. The Morgan fingerprint density at radius 2 is 2.22 bits per heavy atom. The van der Waals surface area contributed by atoms with Gasteiger partial charge in [0, 0.05) is 22.4 Å². The number of nitrogens with zero attached hydrogens (tertiary/aromatic N) is 1. The number of halogens is 2. The zero-order chi connectivity index (χ0) is 12.9. The van der Waals surface area contributed by atoms with Gasteiger partial charge in [-0.2, -0.15) is 0 Å². The van der Waals surface area contributed by atoms with Gasteiger partial charge >= 0.3 is 0 Å². The molecule has 1 atom stereocenters. The predicted molar refractivity (Wildman–Crippen MR) is 71.3 cm³/mol. The van der Waals surface area contributed by atoms with E-state index in [9.17, 15) is 9.18 Å². The maximum atomic E-state index is 13.4. The van der Waals surface area contributed by atoms with Crippen molar-refractivity contribution in [1.29, 1.82) is 0 Å². The summed E-state index contributed by atoms with van der Waals surface area (Å²) in [6.45, 7) is 2.74. The average molecular weight is 311 g/mol. The van der Waals surface area contributed by atoms with Gasteiger partial charge < -0.3 is 9.88 Å². The first-order chi connectivity index (χ1) is 8.58. The molecule has 1 unspecified atom stereocenters. The number of rotatable bonds is 0. The number of carbonyl (C=O) groups excluding carboxylic acids is 1. The lowest BCUT2D eigenvalue weighted by atomic mass is 10.2. The average Bonchev–Trinajstić information content (AvgIpc) is 2.62. The van der Waals surface area contributed by atoms with Gasteiger partial charge in [-0.25, -0.2) is 4.39 Å². The minimum Gasteiger partial charge on any atom is -0.351 e. The van der Waals surface area contributed by atoms with Gasteiger partial charge in [0.1, 0.15) is 11.5 Å². The van der Waals surface area contributed by atoms with Crippen molar-refractivity contribution in [3.05, 3.63) is 34.2 Å². The van der Waals surface area contributed by atoms with Crippen molar-refractivity contribution in [2.75, 3.05) is 6.54 Å². The van der Waals surface area contributed by atoms with Crippen LogP contribution in [0.3, 0.4) is 0 Å². The van der Waals surface area contributed by atoms with E-state index in [0.29, 0.717) is 16.7 Å². The number of aromatic nitrogens is 1. The highest BCUT2D eigenvalue weighted by Crippen LogP contribution is 2.33. The zero-order valence-electron chi connectivity index (χ0n) is 9.84. The Kier molecular flexibility index (Phi) is 2.66. The van der Waals surface area contributed by atoms with Crippen molar-refractivity contribution in [3.8, 4) is 0 Å². The molecule has 18 heavy (non-hydrogen) atoms. The van der Waals surface area contributed by atoms with Crippen molar-refractivity contribution >= 4 is 32.7 Å². The van der Waals surface area contributed by atoms with Crippen LogP contribution in [-0.2, 0) is 0 Å². The molecule has 0 spiro atoms. The van der Waals surface area contributed by atoms with Crippen LogP contribution in [0.25, 0.3) is 10.9 Å². The second kappa shape index (κ2) is 4.09. The summed E-state index contributed by atoms with van der Waals surface area (Å²) in [7, 11) is 0. The molecule has 2 aromatic rings. The molecule has 0 bridgehead atoms. The molecule has 0 saturated heterocycles. The van der Waals surface area contributed by atoms with Crippen LogP contribution >= 0.6 is 15.9 Å². The molecule has 1 amide bonds. The fraction of sp³-hybridized carbons (Fsp3) is 0.308. The lowest BCUT2D eigenvalue weighted by molar-refractivity contribution is 0.0951. The smallest absolute Gasteiger partial charge is 0.267 e. The van der Waals surface area contributed by atoms with E-state index in [1.54, 1.807) is 6.07 Å². The van der Waals surface area contributed by atoms with Gasteiger partial charge in [0.2, 0.25) is 0 Å². The molecule has 5 heteroatoms. The number of carbonyl (C=O) groups is 1. The highest BCUT2D eigenvalue weighted by atomic mass is 79.9. The standard InChI is InChI=1S/C13H12BrFN2O/c1-7-2-3-16-13(18)11-5-8-4-9(15)6-10(14)12(8)17(7)11/h4-7H,2-3H2,1H3,(H,16,18). The molecule has 1 N–H and O–H groups in total. The molecule has 1 aliphatic rings. The van der Waals surface area contributed by atoms with Gasteiger partial charge in [0.15, 0.2) is 0 Å². The molecule has 0 saturated carbocycles. The Balaban J connectivity index is 2.38. The molecular formula is C13H12BrFN2O. The van der Waals surface area contributed by atoms with E-state index in [-0.39, 0.29) is 17.8 Å². The van der Waals surface area contributed by atoms with Crippen LogP contribution in [0.2, 0.25) is 0 Å². The van der Waals surface area contributed by atoms with Crippen LogP contribution < -0.4 is 5.32 Å². The van der Waals surface area contributed by atoms with Crippen molar-refractivity contribution in [1.82, 2.24) is 9.88 Å². The normalized spacial score (nSPS) is 19.5. The summed E-state index contributed by atoms with van der Waals surface area (Å²) in [5, 5.41) is 3.61. The van der Waals surface area contributed by atoms with Crippen LogP contribution in [0.1, 0.15) is 29.9 Å². The molecule has 2 heterocycles. The van der Waals surface area contributed by atoms with Crippen molar-refractivity contribution in [3.63, 3.8) is 0 Å². The van der Waals surface area contributed by atoms with Crippen molar-refractivity contribution in [2.24, 2.45) is 0 Å². The third-order valence-electron chi connectivity index (χ3n) is 3.37. The fourth-order valence-corrected chi connectivity index (χ4v) is 3.17. The topological polar surface area (TPSA) is 34.0 Å². The lowest BCUT2D eigenvalue weighted by Crippen LogP contribution is -2.22. The third-order valence-corrected chi connectivity index (χ3v) is 3.98. The van der Waals surface area contributed by atoms with Gasteiger partial charge in [-0.1, -0.05) is 0 Å². The molecule has 1 aromatic carbocycles. The first kappa shape index (κ1) is 11.7. The minimum absolute atomic E-state index is 0.0946. The van der Waals surface area contributed by atoms with E-state index < -0.39 is 0 Å². The fourth-order valence-electron chi connectivity index (χ4n) is 2.53. The Morgan fingerprint density at radius 3 is 3.00 bits per heavy atom. The number of hydrogen-bond donors (Lipinski definition) is 1. The molecule has 94 valence electrons. The molecule has 1 aromatic heterocycles. The summed E-state index contributed by atoms with van der Waals surface area (Å²) in [5.41, 5.74) is 1.48. The lowest BCUT2D eigenvalue weighted by Gasteiger charge is -2.15. The third kappa shape index (κ3) is 1.65. The second-order valence-electron chi connectivity index (χ2n) is 4.62. The van der Waals surface area contributed by atoms with E-state index in [2.05, 4.69) is 28.2 Å². The maximum absolute atomic E-state index is 13.4. The Hall–Kier alpha value is -1.36. The van der Waals surface area contributed by atoms with Crippen LogP contribution in [0, 0.1) is 5.82 Å². The number of amides is 1. The summed E-state index contributed by atoms with van der Waals surface area (Å²) >= 11 is 3.39. The van der Waals surface area contributed by atoms with Crippen LogP contribution in [0.4, 0.5) is 4.39 Å². The minimum atomic E-state index is -0.303. The number of benzene rings is 1. The molecule has 0 fully saturated rings. The molecule has 3 rings (SSSR count). The number of nitrogens with one attached hydrogen (secondary N) is 1. The summed E-state index contributed by atoms with van der Waals surface area (Å²) < 4.78 is 16.1. The number of hydrogen-bond acceptors (Lipinski definition) is 1. The van der Waals surface area contributed by atoms with Gasteiger partial charge in [0.05, 0.1) is 5.52 Å². The molecule has 0 aliphatic carbocycles. The second-order valence-corrected chi connectivity index (χ2v) is 5.47. The van der Waals surface area contributed by atoms with Gasteiger partial charge in [0.25, 0.3) is 5.91 Å². The van der Waals surface area contributed by atoms with E-state index in [4.69, 9.17) is 0 Å². The van der Waals surface area contributed by atoms with Crippen molar-refractivity contribution < 1.29 is 9.18 Å². The highest BCUT2D eigenvalue weighted by molar-refractivity contribution is 9.10. The van der Waals surface area contributed by atoms with E-state index in [1.165, 1.54) is 12.1 Å². The summed E-state index contributed by atoms with van der Waals surface area (Å²) in [6, 6.07) is 4.85. The van der Waals surface area contributed by atoms with Crippen LogP contribution in [-0.4, -0.2) is 17.0 Å². The van der Waals surface area contributed by atoms with Gasteiger partial charge in [-0.05, 0) is 47.5 Å². The molecule has 3 nitrogen and oxygen atoms in total.